The Balaban J connectivity index is 1.62. The Bertz CT molecular complexity index is 1090. The molecule has 2 N–H and O–H groups in total. The monoisotopic (exact) mass is 399 g/mol. The van der Waals surface area contributed by atoms with Crippen LogP contribution in [-0.2, 0) is 17.1 Å². The number of rotatable bonds is 7. The summed E-state index contributed by atoms with van der Waals surface area (Å²) in [6, 6.07) is 10.6. The van der Waals surface area contributed by atoms with Crippen molar-refractivity contribution in [3.63, 3.8) is 0 Å². The van der Waals surface area contributed by atoms with Crippen LogP contribution in [0, 0.1) is 0 Å². The molecule has 2 aromatic heterocycles. The Labute approximate surface area is 163 Å². The third-order valence-electron chi connectivity index (χ3n) is 4.59. The summed E-state index contributed by atoms with van der Waals surface area (Å²) in [5, 5.41) is 7.49. The number of pyridine rings is 1. The Kier molecular flexibility index (Phi) is 4.68. The maximum atomic E-state index is 13.1. The highest BCUT2D eigenvalue weighted by atomic mass is 32.2. The maximum Gasteiger partial charge on any atom is 0.279 e. The molecule has 1 saturated carbocycles. The lowest BCUT2D eigenvalue weighted by molar-refractivity contribution is 0.415. The van der Waals surface area contributed by atoms with E-state index in [4.69, 9.17) is 4.74 Å². The van der Waals surface area contributed by atoms with Crippen molar-refractivity contribution < 1.29 is 13.2 Å². The number of hydrogen-bond donors (Lipinski definition) is 2. The quantitative estimate of drug-likeness (QED) is 0.633. The number of ether oxygens (including phenoxy) is 1. The molecule has 9 heteroatoms. The second-order valence-electron chi connectivity index (χ2n) is 6.66. The standard InChI is InChI=1S/C19H21N5O3S/c1-24-19(16(12-21-24)13-5-6-13)28(25,26)23-17-4-3-11-20-18(17)22-14-7-9-15(27-2)10-8-14/h3-4,7-13,23H,5-6H2,1-2H3,(H,20,22). The molecule has 0 aliphatic heterocycles. The molecule has 3 aromatic rings. The molecule has 0 spiro atoms. The van der Waals surface area contributed by atoms with Crippen LogP contribution in [-0.4, -0.2) is 30.3 Å². The van der Waals surface area contributed by atoms with E-state index in [1.54, 1.807) is 38.7 Å². The van der Waals surface area contributed by atoms with Crippen molar-refractivity contribution in [1.29, 1.82) is 0 Å². The van der Waals surface area contributed by atoms with Gasteiger partial charge in [0.05, 0.1) is 19.0 Å². The molecule has 8 nitrogen and oxygen atoms in total. The number of nitrogens with one attached hydrogen (secondary N) is 2. The summed E-state index contributed by atoms with van der Waals surface area (Å²) < 4.78 is 35.4. The number of benzene rings is 1. The normalized spacial score (nSPS) is 13.9. The third kappa shape index (κ3) is 3.65. The summed E-state index contributed by atoms with van der Waals surface area (Å²) in [7, 11) is -0.573. The van der Waals surface area contributed by atoms with E-state index in [2.05, 4.69) is 20.1 Å². The number of hydrogen-bond acceptors (Lipinski definition) is 6. The van der Waals surface area contributed by atoms with Crippen LogP contribution in [0.1, 0.15) is 24.3 Å². The number of sulfonamides is 1. The van der Waals surface area contributed by atoms with Crippen molar-refractivity contribution >= 4 is 27.2 Å². The summed E-state index contributed by atoms with van der Waals surface area (Å²) in [4.78, 5) is 4.28. The largest absolute Gasteiger partial charge is 0.497 e. The van der Waals surface area contributed by atoms with Crippen molar-refractivity contribution in [2.24, 2.45) is 7.05 Å². The minimum Gasteiger partial charge on any atom is -0.497 e. The third-order valence-corrected chi connectivity index (χ3v) is 6.09. The Hall–Kier alpha value is -3.07. The van der Waals surface area contributed by atoms with Gasteiger partial charge in [-0.25, -0.2) is 4.98 Å². The molecule has 0 bridgehead atoms. The van der Waals surface area contributed by atoms with Crippen LogP contribution in [0.25, 0.3) is 0 Å². The lowest BCUT2D eigenvalue weighted by atomic mass is 10.2. The van der Waals surface area contributed by atoms with Gasteiger partial charge in [0.1, 0.15) is 5.75 Å². The molecule has 0 saturated heterocycles. The number of nitrogens with zero attached hydrogens (tertiary/aromatic N) is 3. The number of aromatic nitrogens is 3. The Morgan fingerprint density at radius 3 is 2.61 bits per heavy atom. The zero-order valence-electron chi connectivity index (χ0n) is 15.6. The SMILES string of the molecule is COc1ccc(Nc2ncccc2NS(=O)(=O)c2c(C3CC3)cnn2C)cc1. The lowest BCUT2D eigenvalue weighted by Gasteiger charge is -2.14. The lowest BCUT2D eigenvalue weighted by Crippen LogP contribution is -2.19. The van der Waals surface area contributed by atoms with Crippen molar-refractivity contribution in [2.45, 2.75) is 23.8 Å². The molecular formula is C19H21N5O3S. The molecule has 0 amide bonds. The molecule has 4 rings (SSSR count). The second kappa shape index (κ2) is 7.16. The summed E-state index contributed by atoms with van der Waals surface area (Å²) in [5.41, 5.74) is 1.89. The molecule has 0 unspecified atom stereocenters. The molecule has 28 heavy (non-hydrogen) atoms. The van der Waals surface area contributed by atoms with Crippen molar-refractivity contribution in [1.82, 2.24) is 14.8 Å². The fourth-order valence-electron chi connectivity index (χ4n) is 3.04. The minimum atomic E-state index is -3.81. The summed E-state index contributed by atoms with van der Waals surface area (Å²) >= 11 is 0. The summed E-state index contributed by atoms with van der Waals surface area (Å²) in [6.45, 7) is 0. The van der Waals surface area contributed by atoms with Gasteiger partial charge in [-0.3, -0.25) is 9.40 Å². The van der Waals surface area contributed by atoms with Gasteiger partial charge >= 0.3 is 0 Å². The van der Waals surface area contributed by atoms with Crippen LogP contribution in [0.5, 0.6) is 5.75 Å². The molecule has 146 valence electrons. The van der Waals surface area contributed by atoms with Crippen molar-refractivity contribution in [3.05, 3.63) is 54.4 Å². The average Bonchev–Trinajstić information content (AvgIpc) is 3.45. The Morgan fingerprint density at radius 1 is 1.18 bits per heavy atom. The topological polar surface area (TPSA) is 98.1 Å². The minimum absolute atomic E-state index is 0.203. The van der Waals surface area contributed by atoms with E-state index >= 15 is 0 Å². The van der Waals surface area contributed by atoms with Gasteiger partial charge in [-0.2, -0.15) is 13.5 Å². The first kappa shape index (κ1) is 18.3. The highest BCUT2D eigenvalue weighted by molar-refractivity contribution is 7.92. The number of anilines is 3. The number of aryl methyl sites for hydroxylation is 1. The zero-order valence-corrected chi connectivity index (χ0v) is 16.4. The van der Waals surface area contributed by atoms with Crippen LogP contribution in [0.3, 0.4) is 0 Å². The highest BCUT2D eigenvalue weighted by Crippen LogP contribution is 2.43. The molecule has 0 atom stereocenters. The summed E-state index contributed by atoms with van der Waals surface area (Å²) in [5.74, 6) is 1.41. The molecule has 0 radical (unpaired) electrons. The smallest absolute Gasteiger partial charge is 0.279 e. The zero-order chi connectivity index (χ0) is 19.7. The van der Waals surface area contributed by atoms with Gasteiger partial charge in [0.15, 0.2) is 10.8 Å². The first-order valence-electron chi connectivity index (χ1n) is 8.89. The van der Waals surface area contributed by atoms with Crippen LogP contribution in [0.2, 0.25) is 0 Å². The fraction of sp³-hybridized carbons (Fsp3) is 0.263. The predicted octanol–water partition coefficient (Wildman–Crippen LogP) is 3.25. The van der Waals surface area contributed by atoms with Crippen molar-refractivity contribution in [3.8, 4) is 5.75 Å². The highest BCUT2D eigenvalue weighted by Gasteiger charge is 2.34. The van der Waals surface area contributed by atoms with Crippen molar-refractivity contribution in [2.75, 3.05) is 17.1 Å². The van der Waals surface area contributed by atoms with Gasteiger partial charge in [-0.05, 0) is 55.2 Å². The van der Waals surface area contributed by atoms with Gasteiger partial charge in [0, 0.05) is 24.5 Å². The molecule has 1 aromatic carbocycles. The molecule has 2 heterocycles. The van der Waals surface area contributed by atoms with Gasteiger partial charge in [0.25, 0.3) is 10.0 Å². The van der Waals surface area contributed by atoms with Crippen LogP contribution < -0.4 is 14.8 Å². The van der Waals surface area contributed by atoms with E-state index in [9.17, 15) is 8.42 Å². The van der Waals surface area contributed by atoms with Gasteiger partial charge in [-0.15, -0.1) is 0 Å². The molecule has 1 aliphatic rings. The van der Waals surface area contributed by atoms with Crippen LogP contribution >= 0.6 is 0 Å². The van der Waals surface area contributed by atoms with E-state index in [-0.39, 0.29) is 10.9 Å². The van der Waals surface area contributed by atoms with Crippen LogP contribution in [0.15, 0.2) is 53.8 Å². The van der Waals surface area contributed by atoms with E-state index in [1.807, 2.05) is 24.3 Å². The van der Waals surface area contributed by atoms with Gasteiger partial charge < -0.3 is 10.1 Å². The Morgan fingerprint density at radius 2 is 1.93 bits per heavy atom. The van der Waals surface area contributed by atoms with E-state index in [0.717, 1.165) is 29.8 Å². The second-order valence-corrected chi connectivity index (χ2v) is 8.26. The van der Waals surface area contributed by atoms with E-state index in [1.165, 1.54) is 4.68 Å². The van der Waals surface area contributed by atoms with Crippen LogP contribution in [0.4, 0.5) is 17.2 Å². The van der Waals surface area contributed by atoms with Gasteiger partial charge in [-0.1, -0.05) is 0 Å². The molecule has 1 aliphatic carbocycles. The summed E-state index contributed by atoms with van der Waals surface area (Å²) in [6.07, 6.45) is 5.23. The predicted molar refractivity (Wildman–Crippen MR) is 107 cm³/mol. The molecule has 1 fully saturated rings. The fourth-order valence-corrected chi connectivity index (χ4v) is 4.51. The molecular weight excluding hydrogens is 378 g/mol. The maximum absolute atomic E-state index is 13.1. The van der Waals surface area contributed by atoms with E-state index < -0.39 is 10.0 Å². The first-order chi connectivity index (χ1) is 13.5. The average molecular weight is 399 g/mol. The van der Waals surface area contributed by atoms with Gasteiger partial charge in [0.2, 0.25) is 0 Å². The first-order valence-corrected chi connectivity index (χ1v) is 10.4. The number of methoxy groups -OCH3 is 1. The van der Waals surface area contributed by atoms with E-state index in [0.29, 0.717) is 11.5 Å².